The van der Waals surface area contributed by atoms with E-state index in [4.69, 9.17) is 17.2 Å². The highest BCUT2D eigenvalue weighted by molar-refractivity contribution is 5.45. The molecule has 0 radical (unpaired) electrons. The van der Waals surface area contributed by atoms with Crippen LogP contribution in [-0.2, 0) is 5.54 Å². The van der Waals surface area contributed by atoms with E-state index < -0.39 is 17.6 Å². The van der Waals surface area contributed by atoms with Gasteiger partial charge in [0.05, 0.1) is 5.54 Å². The zero-order valence-corrected chi connectivity index (χ0v) is 9.98. The number of halogens is 3. The standard InChI is InChI=1S/C13H14F3N3/c14-13(15,16)11-7-10(18)5-6-12(11,19)8-1-3-9(17)4-2-8/h1-7,11H,17-19H2. The molecule has 0 bridgehead atoms. The van der Waals surface area contributed by atoms with Crippen molar-refractivity contribution in [3.05, 3.63) is 53.8 Å². The van der Waals surface area contributed by atoms with E-state index in [-0.39, 0.29) is 5.70 Å². The van der Waals surface area contributed by atoms with E-state index in [9.17, 15) is 13.2 Å². The minimum atomic E-state index is -4.48. The Balaban J connectivity index is 2.51. The van der Waals surface area contributed by atoms with Crippen LogP contribution in [0.1, 0.15) is 5.56 Å². The Morgan fingerprint density at radius 2 is 1.63 bits per heavy atom. The highest BCUT2D eigenvalue weighted by Gasteiger charge is 2.51. The zero-order chi connectivity index (χ0) is 14.3. The van der Waals surface area contributed by atoms with Crippen molar-refractivity contribution in [3.8, 4) is 0 Å². The van der Waals surface area contributed by atoms with Gasteiger partial charge in [0.15, 0.2) is 0 Å². The van der Waals surface area contributed by atoms with Gasteiger partial charge in [-0.15, -0.1) is 0 Å². The summed E-state index contributed by atoms with van der Waals surface area (Å²) in [4.78, 5) is 0. The number of hydrogen-bond acceptors (Lipinski definition) is 3. The number of nitrogens with two attached hydrogens (primary N) is 3. The number of nitrogen functional groups attached to an aromatic ring is 1. The monoisotopic (exact) mass is 269 g/mol. The molecule has 0 heterocycles. The molecule has 2 atom stereocenters. The van der Waals surface area contributed by atoms with E-state index in [1.54, 1.807) is 0 Å². The molecule has 0 saturated carbocycles. The summed E-state index contributed by atoms with van der Waals surface area (Å²) in [6, 6.07) is 6.03. The van der Waals surface area contributed by atoms with Crippen molar-refractivity contribution < 1.29 is 13.2 Å². The quantitative estimate of drug-likeness (QED) is 0.682. The molecule has 19 heavy (non-hydrogen) atoms. The van der Waals surface area contributed by atoms with Crippen LogP contribution in [0.25, 0.3) is 0 Å². The van der Waals surface area contributed by atoms with Gasteiger partial charge in [0.25, 0.3) is 0 Å². The van der Waals surface area contributed by atoms with Gasteiger partial charge in [-0.2, -0.15) is 13.2 Å². The fourth-order valence-electron chi connectivity index (χ4n) is 2.14. The first-order valence-corrected chi connectivity index (χ1v) is 5.61. The van der Waals surface area contributed by atoms with Crippen molar-refractivity contribution in [2.45, 2.75) is 11.7 Å². The number of hydrogen-bond donors (Lipinski definition) is 3. The zero-order valence-electron chi connectivity index (χ0n) is 9.98. The van der Waals surface area contributed by atoms with Gasteiger partial charge in [-0.05, 0) is 29.8 Å². The Kier molecular flexibility index (Phi) is 3.06. The number of alkyl halides is 3. The Morgan fingerprint density at radius 3 is 2.16 bits per heavy atom. The average molecular weight is 269 g/mol. The van der Waals surface area contributed by atoms with E-state index in [1.165, 1.54) is 36.4 Å². The molecule has 0 aliphatic heterocycles. The van der Waals surface area contributed by atoms with Gasteiger partial charge < -0.3 is 17.2 Å². The smallest absolute Gasteiger partial charge is 0.397 e. The topological polar surface area (TPSA) is 78.1 Å². The minimum absolute atomic E-state index is 0.0545. The lowest BCUT2D eigenvalue weighted by molar-refractivity contribution is -0.174. The summed E-state index contributed by atoms with van der Waals surface area (Å²) in [5.41, 5.74) is 16.1. The molecule has 0 amide bonds. The van der Waals surface area contributed by atoms with Crippen LogP contribution in [0.4, 0.5) is 18.9 Å². The molecule has 6 N–H and O–H groups in total. The summed E-state index contributed by atoms with van der Waals surface area (Å²) in [5.74, 6) is -1.87. The highest BCUT2D eigenvalue weighted by Crippen LogP contribution is 2.43. The molecule has 3 nitrogen and oxygen atoms in total. The first-order chi connectivity index (χ1) is 8.73. The molecule has 0 spiro atoms. The average Bonchev–Trinajstić information content (AvgIpc) is 2.32. The highest BCUT2D eigenvalue weighted by atomic mass is 19.4. The maximum Gasteiger partial charge on any atom is 0.397 e. The van der Waals surface area contributed by atoms with Crippen LogP contribution >= 0.6 is 0 Å². The summed E-state index contributed by atoms with van der Waals surface area (Å²) in [6.07, 6.45) is -0.869. The second kappa shape index (κ2) is 4.31. The molecule has 1 aromatic carbocycles. The molecule has 0 aromatic heterocycles. The first kappa shape index (κ1) is 13.5. The fraction of sp³-hybridized carbons (Fsp3) is 0.231. The molecule has 6 heteroatoms. The maximum absolute atomic E-state index is 13.1. The number of allylic oxidation sites excluding steroid dienone is 1. The molecule has 2 unspecified atom stereocenters. The summed E-state index contributed by atoms with van der Waals surface area (Å²) >= 11 is 0. The molecule has 1 aromatic rings. The summed E-state index contributed by atoms with van der Waals surface area (Å²) in [6.45, 7) is 0. The Bertz CT molecular complexity index is 531. The van der Waals surface area contributed by atoms with E-state index in [2.05, 4.69) is 0 Å². The van der Waals surface area contributed by atoms with Gasteiger partial charge in [0.2, 0.25) is 0 Å². The SMILES string of the molecule is NC1=CC(C(F)(F)F)C(N)(c2ccc(N)cc2)C=C1. The summed E-state index contributed by atoms with van der Waals surface area (Å²) < 4.78 is 39.4. The van der Waals surface area contributed by atoms with Gasteiger partial charge in [-0.1, -0.05) is 18.2 Å². The lowest BCUT2D eigenvalue weighted by atomic mass is 9.75. The maximum atomic E-state index is 13.1. The number of benzene rings is 1. The van der Waals surface area contributed by atoms with Crippen LogP contribution in [0.3, 0.4) is 0 Å². The van der Waals surface area contributed by atoms with E-state index >= 15 is 0 Å². The van der Waals surface area contributed by atoms with Crippen molar-refractivity contribution in [2.24, 2.45) is 17.4 Å². The van der Waals surface area contributed by atoms with Crippen LogP contribution in [0.5, 0.6) is 0 Å². The van der Waals surface area contributed by atoms with Crippen LogP contribution in [0.15, 0.2) is 48.2 Å². The van der Waals surface area contributed by atoms with Crippen LogP contribution in [-0.4, -0.2) is 6.18 Å². The van der Waals surface area contributed by atoms with Crippen LogP contribution in [0.2, 0.25) is 0 Å². The fourth-order valence-corrected chi connectivity index (χ4v) is 2.14. The van der Waals surface area contributed by atoms with Crippen LogP contribution < -0.4 is 17.2 Å². The number of anilines is 1. The minimum Gasteiger partial charge on any atom is -0.399 e. The predicted octanol–water partition coefficient (Wildman–Crippen LogP) is 2.01. The van der Waals surface area contributed by atoms with E-state index in [1.807, 2.05) is 0 Å². The molecule has 102 valence electrons. The Morgan fingerprint density at radius 1 is 1.05 bits per heavy atom. The van der Waals surface area contributed by atoms with Gasteiger partial charge >= 0.3 is 6.18 Å². The summed E-state index contributed by atoms with van der Waals surface area (Å²) in [7, 11) is 0. The van der Waals surface area contributed by atoms with E-state index in [0.717, 1.165) is 6.08 Å². The third kappa shape index (κ3) is 2.44. The van der Waals surface area contributed by atoms with Crippen molar-refractivity contribution in [1.82, 2.24) is 0 Å². The van der Waals surface area contributed by atoms with Gasteiger partial charge in [-0.3, -0.25) is 0 Å². The lowest BCUT2D eigenvalue weighted by Crippen LogP contribution is -2.49. The Labute approximate surface area is 108 Å². The third-order valence-corrected chi connectivity index (χ3v) is 3.19. The van der Waals surface area contributed by atoms with Crippen molar-refractivity contribution in [3.63, 3.8) is 0 Å². The predicted molar refractivity (Wildman–Crippen MR) is 67.7 cm³/mol. The molecule has 2 rings (SSSR count). The van der Waals surface area contributed by atoms with Crippen molar-refractivity contribution >= 4 is 5.69 Å². The third-order valence-electron chi connectivity index (χ3n) is 3.19. The normalized spacial score (nSPS) is 27.2. The van der Waals surface area contributed by atoms with Crippen molar-refractivity contribution in [1.29, 1.82) is 0 Å². The van der Waals surface area contributed by atoms with Gasteiger partial charge in [0.1, 0.15) is 5.92 Å². The van der Waals surface area contributed by atoms with Crippen LogP contribution in [0, 0.1) is 5.92 Å². The summed E-state index contributed by atoms with van der Waals surface area (Å²) in [5, 5.41) is 0. The molecule has 1 aliphatic carbocycles. The Hall–Kier alpha value is -1.95. The molecule has 0 fully saturated rings. The number of rotatable bonds is 1. The lowest BCUT2D eigenvalue weighted by Gasteiger charge is -2.37. The molecule has 0 saturated heterocycles. The largest absolute Gasteiger partial charge is 0.399 e. The second-order valence-corrected chi connectivity index (χ2v) is 4.57. The first-order valence-electron chi connectivity index (χ1n) is 5.61. The molecular formula is C13H14F3N3. The van der Waals surface area contributed by atoms with Gasteiger partial charge in [-0.25, -0.2) is 0 Å². The molecule has 1 aliphatic rings. The van der Waals surface area contributed by atoms with Crippen molar-refractivity contribution in [2.75, 3.05) is 5.73 Å². The van der Waals surface area contributed by atoms with Gasteiger partial charge in [0, 0.05) is 11.4 Å². The second-order valence-electron chi connectivity index (χ2n) is 4.57. The van der Waals surface area contributed by atoms with E-state index in [0.29, 0.717) is 11.3 Å². The molecular weight excluding hydrogens is 255 g/mol.